The maximum absolute atomic E-state index is 13.7. The predicted molar refractivity (Wildman–Crippen MR) is 93.0 cm³/mol. The number of carbonyl (C=O) groups excluding carboxylic acids is 2. The van der Waals surface area contributed by atoms with Crippen LogP contribution in [0.3, 0.4) is 0 Å². The molecule has 6 rings (SSSR count). The number of aryl methyl sites for hydroxylation is 2. The molecule has 1 aliphatic carbocycles. The highest BCUT2D eigenvalue weighted by atomic mass is 16.5. The van der Waals surface area contributed by atoms with Gasteiger partial charge in [-0.2, -0.15) is 0 Å². The van der Waals surface area contributed by atoms with E-state index in [0.29, 0.717) is 49.5 Å². The zero-order valence-electron chi connectivity index (χ0n) is 15.2. The van der Waals surface area contributed by atoms with Crippen molar-refractivity contribution in [3.63, 3.8) is 0 Å². The van der Waals surface area contributed by atoms with Crippen LogP contribution in [0.5, 0.6) is 0 Å². The average Bonchev–Trinajstić information content (AvgIpc) is 3.43. The van der Waals surface area contributed by atoms with Crippen LogP contribution in [-0.4, -0.2) is 63.2 Å². The van der Waals surface area contributed by atoms with Crippen molar-refractivity contribution in [2.75, 3.05) is 19.7 Å². The van der Waals surface area contributed by atoms with Gasteiger partial charge in [-0.1, -0.05) is 5.16 Å². The highest BCUT2D eigenvalue weighted by Crippen LogP contribution is 2.46. The van der Waals surface area contributed by atoms with Gasteiger partial charge in [-0.25, -0.2) is 4.98 Å². The molecule has 4 aliphatic rings. The van der Waals surface area contributed by atoms with Gasteiger partial charge >= 0.3 is 0 Å². The van der Waals surface area contributed by atoms with Gasteiger partial charge in [0.2, 0.25) is 5.91 Å². The lowest BCUT2D eigenvalue weighted by molar-refractivity contribution is -0.136. The number of carbonyl (C=O) groups is 2. The summed E-state index contributed by atoms with van der Waals surface area (Å²) in [5, 5.41) is 4.76. The number of pyridine rings is 1. The normalized spacial score (nSPS) is 28.9. The number of hydrogen-bond acceptors (Lipinski definition) is 6. The molecule has 5 heterocycles. The Bertz CT molecular complexity index is 1010. The fourth-order valence-electron chi connectivity index (χ4n) is 5.53. The molecular formula is C19H20N4O4. The number of hydrogen-bond donors (Lipinski definition) is 0. The Labute approximate surface area is 155 Å². The molecule has 8 heteroatoms. The topological polar surface area (TPSA) is 88.8 Å². The van der Waals surface area contributed by atoms with E-state index < -0.39 is 5.72 Å². The first kappa shape index (κ1) is 15.6. The Kier molecular flexibility index (Phi) is 2.92. The SMILES string of the molecule is Cc1noc2nc3c(c(C(=O)N4CC[C@@]56OCCN5C(=O)C[C@@H]46)c12)CCC3. The summed E-state index contributed by atoms with van der Waals surface area (Å²) in [6, 6.07) is -0.222. The Morgan fingerprint density at radius 3 is 3.07 bits per heavy atom. The maximum atomic E-state index is 13.7. The highest BCUT2D eigenvalue weighted by molar-refractivity contribution is 6.08. The fourth-order valence-corrected chi connectivity index (χ4v) is 5.53. The average molecular weight is 368 g/mol. The van der Waals surface area contributed by atoms with E-state index in [1.54, 1.807) is 0 Å². The third kappa shape index (κ3) is 1.81. The Hall–Kier alpha value is -2.48. The van der Waals surface area contributed by atoms with E-state index in [-0.39, 0.29) is 17.9 Å². The fraction of sp³-hybridized carbons (Fsp3) is 0.579. The number of rotatable bonds is 1. The van der Waals surface area contributed by atoms with Gasteiger partial charge in [0, 0.05) is 25.2 Å². The zero-order chi connectivity index (χ0) is 18.3. The minimum Gasteiger partial charge on any atom is -0.351 e. The Morgan fingerprint density at radius 1 is 1.30 bits per heavy atom. The molecule has 0 N–H and O–H groups in total. The van der Waals surface area contributed by atoms with Crippen LogP contribution in [0.4, 0.5) is 0 Å². The van der Waals surface area contributed by atoms with Crippen LogP contribution in [0.15, 0.2) is 4.52 Å². The van der Waals surface area contributed by atoms with Crippen molar-refractivity contribution in [2.45, 2.75) is 50.8 Å². The summed E-state index contributed by atoms with van der Waals surface area (Å²) in [5.74, 6) is 0.0418. The molecule has 2 aromatic rings. The molecule has 27 heavy (non-hydrogen) atoms. The number of fused-ring (bicyclic) bond motifs is 2. The largest absolute Gasteiger partial charge is 0.351 e. The molecule has 0 aromatic carbocycles. The monoisotopic (exact) mass is 368 g/mol. The summed E-state index contributed by atoms with van der Waals surface area (Å²) >= 11 is 0. The summed E-state index contributed by atoms with van der Waals surface area (Å²) in [4.78, 5) is 34.5. The molecule has 3 aliphatic heterocycles. The molecule has 0 saturated carbocycles. The van der Waals surface area contributed by atoms with E-state index >= 15 is 0 Å². The van der Waals surface area contributed by atoms with Crippen LogP contribution >= 0.6 is 0 Å². The molecule has 140 valence electrons. The predicted octanol–water partition coefficient (Wildman–Crippen LogP) is 1.19. The van der Waals surface area contributed by atoms with Crippen LogP contribution < -0.4 is 0 Å². The van der Waals surface area contributed by atoms with Crippen molar-refractivity contribution in [2.24, 2.45) is 0 Å². The molecule has 0 unspecified atom stereocenters. The van der Waals surface area contributed by atoms with Crippen molar-refractivity contribution in [3.8, 4) is 0 Å². The van der Waals surface area contributed by atoms with Crippen LogP contribution in [0.25, 0.3) is 11.1 Å². The summed E-state index contributed by atoms with van der Waals surface area (Å²) in [6.07, 6.45) is 3.70. The van der Waals surface area contributed by atoms with E-state index in [2.05, 4.69) is 10.1 Å². The quantitative estimate of drug-likeness (QED) is 0.751. The number of likely N-dealkylation sites (tertiary alicyclic amines) is 1. The summed E-state index contributed by atoms with van der Waals surface area (Å²) in [6.45, 7) is 3.61. The van der Waals surface area contributed by atoms with Gasteiger partial charge in [0.15, 0.2) is 5.72 Å². The van der Waals surface area contributed by atoms with Crippen LogP contribution in [-0.2, 0) is 22.4 Å². The van der Waals surface area contributed by atoms with Crippen LogP contribution in [0, 0.1) is 6.92 Å². The molecular weight excluding hydrogens is 348 g/mol. The number of nitrogens with zero attached hydrogens (tertiary/aromatic N) is 4. The van der Waals surface area contributed by atoms with E-state index in [4.69, 9.17) is 9.26 Å². The van der Waals surface area contributed by atoms with Gasteiger partial charge in [-0.15, -0.1) is 0 Å². The second kappa shape index (κ2) is 5.07. The second-order valence-corrected chi connectivity index (χ2v) is 7.92. The molecule has 2 aromatic heterocycles. The van der Waals surface area contributed by atoms with Gasteiger partial charge in [0.25, 0.3) is 11.6 Å². The van der Waals surface area contributed by atoms with Crippen molar-refractivity contribution >= 4 is 22.9 Å². The molecule has 2 amide bonds. The van der Waals surface area contributed by atoms with Gasteiger partial charge < -0.3 is 19.1 Å². The van der Waals surface area contributed by atoms with Crippen LogP contribution in [0.2, 0.25) is 0 Å². The van der Waals surface area contributed by atoms with Gasteiger partial charge in [-0.05, 0) is 31.7 Å². The third-order valence-electron chi connectivity index (χ3n) is 6.70. The molecule has 8 nitrogen and oxygen atoms in total. The van der Waals surface area contributed by atoms with Gasteiger partial charge in [0.1, 0.15) is 0 Å². The second-order valence-electron chi connectivity index (χ2n) is 7.92. The molecule has 3 fully saturated rings. The minimum atomic E-state index is -0.619. The Morgan fingerprint density at radius 2 is 2.19 bits per heavy atom. The summed E-state index contributed by atoms with van der Waals surface area (Å²) < 4.78 is 11.4. The first-order chi connectivity index (χ1) is 13.1. The molecule has 2 atom stereocenters. The lowest BCUT2D eigenvalue weighted by Gasteiger charge is -2.31. The zero-order valence-corrected chi connectivity index (χ0v) is 15.2. The van der Waals surface area contributed by atoms with E-state index in [1.807, 2.05) is 16.7 Å². The number of amides is 2. The first-order valence-corrected chi connectivity index (χ1v) is 9.63. The van der Waals surface area contributed by atoms with Crippen molar-refractivity contribution in [1.29, 1.82) is 0 Å². The molecule has 0 radical (unpaired) electrons. The molecule has 3 saturated heterocycles. The summed E-state index contributed by atoms with van der Waals surface area (Å²) in [5.41, 5.74) is 3.14. The lowest BCUT2D eigenvalue weighted by Crippen LogP contribution is -2.48. The number of aromatic nitrogens is 2. The van der Waals surface area contributed by atoms with E-state index in [1.165, 1.54) is 0 Å². The van der Waals surface area contributed by atoms with E-state index in [0.717, 1.165) is 35.9 Å². The van der Waals surface area contributed by atoms with Crippen LogP contribution in [0.1, 0.15) is 46.6 Å². The highest BCUT2D eigenvalue weighted by Gasteiger charge is 2.63. The molecule has 0 bridgehead atoms. The van der Waals surface area contributed by atoms with Gasteiger partial charge in [-0.3, -0.25) is 9.59 Å². The number of ether oxygens (including phenoxy) is 1. The lowest BCUT2D eigenvalue weighted by atomic mass is 10.00. The minimum absolute atomic E-state index is 0.0427. The summed E-state index contributed by atoms with van der Waals surface area (Å²) in [7, 11) is 0. The van der Waals surface area contributed by atoms with Crippen molar-refractivity contribution < 1.29 is 18.8 Å². The Balaban J connectivity index is 1.49. The van der Waals surface area contributed by atoms with Gasteiger partial charge in [0.05, 0.1) is 35.7 Å². The maximum Gasteiger partial charge on any atom is 0.259 e. The standard InChI is InChI=1S/C19H20N4O4/c1-10-15-16(11-3-2-4-12(11)20-17(15)27-21-10)18(25)22-6-5-19-13(22)9-14(24)23(19)7-8-26-19/h13H,2-9H2,1H3/t13-,19+/m1/s1. The third-order valence-corrected chi connectivity index (χ3v) is 6.70. The van der Waals surface area contributed by atoms with Crippen molar-refractivity contribution in [1.82, 2.24) is 19.9 Å². The smallest absolute Gasteiger partial charge is 0.259 e. The van der Waals surface area contributed by atoms with E-state index in [9.17, 15) is 9.59 Å². The van der Waals surface area contributed by atoms with Crippen molar-refractivity contribution in [3.05, 3.63) is 22.5 Å². The first-order valence-electron chi connectivity index (χ1n) is 9.63. The molecule has 1 spiro atoms.